The molecule has 8 nitrogen and oxygen atoms in total. The van der Waals surface area contributed by atoms with Crippen molar-refractivity contribution in [1.82, 2.24) is 9.88 Å². The average Bonchev–Trinajstić information content (AvgIpc) is 3.11. The van der Waals surface area contributed by atoms with E-state index in [-0.39, 0.29) is 44.0 Å². The number of unbranched alkanes of at least 4 members (excludes halogenated alkanes) is 1. The summed E-state index contributed by atoms with van der Waals surface area (Å²) in [6, 6.07) is 2.99. The maximum absolute atomic E-state index is 14.3. The summed E-state index contributed by atoms with van der Waals surface area (Å²) in [7, 11) is 0. The molecule has 1 saturated heterocycles. The lowest BCUT2D eigenvalue weighted by atomic mass is 10.1. The molecular formula is C23H31F3N2O6. The summed E-state index contributed by atoms with van der Waals surface area (Å²) < 4.78 is 52.2. The monoisotopic (exact) mass is 488 g/mol. The highest BCUT2D eigenvalue weighted by atomic mass is 19.1. The van der Waals surface area contributed by atoms with Gasteiger partial charge in [0.05, 0.1) is 25.4 Å². The molecule has 11 heteroatoms. The zero-order valence-corrected chi connectivity index (χ0v) is 18.9. The number of ether oxygens (including phenoxy) is 1. The van der Waals surface area contributed by atoms with Gasteiger partial charge in [-0.15, -0.1) is 0 Å². The van der Waals surface area contributed by atoms with E-state index in [2.05, 4.69) is 4.98 Å². The molecule has 1 fully saturated rings. The second kappa shape index (κ2) is 12.1. The molecule has 1 aliphatic heterocycles. The van der Waals surface area contributed by atoms with Gasteiger partial charge in [-0.2, -0.15) is 0 Å². The molecule has 1 aromatic carbocycles. The summed E-state index contributed by atoms with van der Waals surface area (Å²) in [4.78, 5) is 5.88. The summed E-state index contributed by atoms with van der Waals surface area (Å²) in [6.07, 6.45) is -5.09. The molecule has 0 saturated carbocycles. The number of β-amino-alcohol motifs (C(OH)–C–C–N with tert-alkyl or cyclic N) is 2. The van der Waals surface area contributed by atoms with Crippen LogP contribution in [0.15, 0.2) is 22.6 Å². The Bertz CT molecular complexity index is 894. The van der Waals surface area contributed by atoms with Crippen LogP contribution in [0, 0.1) is 18.6 Å². The fourth-order valence-electron chi connectivity index (χ4n) is 4.00. The van der Waals surface area contributed by atoms with Crippen molar-refractivity contribution >= 4 is 0 Å². The largest absolute Gasteiger partial charge is 0.441 e. The number of aliphatic hydroxyl groups is 4. The molecule has 5 atom stereocenters. The van der Waals surface area contributed by atoms with Gasteiger partial charge in [0, 0.05) is 31.6 Å². The maximum atomic E-state index is 14.3. The van der Waals surface area contributed by atoms with Crippen LogP contribution in [-0.4, -0.2) is 87.1 Å². The van der Waals surface area contributed by atoms with Gasteiger partial charge in [0.2, 0.25) is 0 Å². The zero-order valence-electron chi connectivity index (χ0n) is 18.9. The first-order valence-corrected chi connectivity index (χ1v) is 11.2. The summed E-state index contributed by atoms with van der Waals surface area (Å²) in [6.45, 7) is 1.98. The number of benzene rings is 1. The third-order valence-corrected chi connectivity index (χ3v) is 5.74. The van der Waals surface area contributed by atoms with E-state index in [9.17, 15) is 33.6 Å². The van der Waals surface area contributed by atoms with E-state index in [1.54, 1.807) is 11.8 Å². The van der Waals surface area contributed by atoms with Gasteiger partial charge in [-0.05, 0) is 37.9 Å². The minimum Gasteiger partial charge on any atom is -0.441 e. The van der Waals surface area contributed by atoms with E-state index in [1.807, 2.05) is 0 Å². The van der Waals surface area contributed by atoms with Crippen molar-refractivity contribution in [2.24, 2.45) is 0 Å². The lowest BCUT2D eigenvalue weighted by Crippen LogP contribution is -2.43. The number of aryl methyl sites for hydroxylation is 1. The summed E-state index contributed by atoms with van der Waals surface area (Å²) in [5.74, 6) is -1.05. The van der Waals surface area contributed by atoms with E-state index in [4.69, 9.17) is 9.15 Å². The number of aromatic nitrogens is 1. The molecule has 34 heavy (non-hydrogen) atoms. The van der Waals surface area contributed by atoms with Gasteiger partial charge in [-0.3, -0.25) is 4.90 Å². The normalized spacial score (nSPS) is 24.8. The highest BCUT2D eigenvalue weighted by Gasteiger charge is 2.35. The number of nitrogens with zero attached hydrogens (tertiary/aromatic N) is 2. The number of rotatable bonds is 10. The van der Waals surface area contributed by atoms with Crippen molar-refractivity contribution in [2.45, 2.75) is 63.4 Å². The molecule has 2 heterocycles. The minimum atomic E-state index is -1.42. The highest BCUT2D eigenvalue weighted by Crippen LogP contribution is 2.27. The van der Waals surface area contributed by atoms with E-state index < -0.39 is 42.2 Å². The molecule has 0 bridgehead atoms. The average molecular weight is 489 g/mol. The van der Waals surface area contributed by atoms with Crippen LogP contribution in [0.25, 0.3) is 11.3 Å². The summed E-state index contributed by atoms with van der Waals surface area (Å²) in [5, 5.41) is 39.2. The van der Waals surface area contributed by atoms with Gasteiger partial charge in [0.1, 0.15) is 35.7 Å². The Kier molecular flexibility index (Phi) is 9.46. The van der Waals surface area contributed by atoms with Gasteiger partial charge < -0.3 is 29.6 Å². The molecular weight excluding hydrogens is 457 g/mol. The van der Waals surface area contributed by atoms with E-state index in [0.29, 0.717) is 31.0 Å². The van der Waals surface area contributed by atoms with E-state index in [1.165, 1.54) is 0 Å². The van der Waals surface area contributed by atoms with Gasteiger partial charge in [-0.25, -0.2) is 18.2 Å². The lowest BCUT2D eigenvalue weighted by Gasteiger charge is -2.23. The zero-order chi connectivity index (χ0) is 24.8. The topological polar surface area (TPSA) is 119 Å². The first kappa shape index (κ1) is 26.6. The Hall–Kier alpha value is -2.02. The van der Waals surface area contributed by atoms with Gasteiger partial charge in [0.15, 0.2) is 11.7 Å². The number of alkyl halides is 1. The molecule has 3 rings (SSSR count). The molecule has 0 spiro atoms. The van der Waals surface area contributed by atoms with Crippen LogP contribution in [0.2, 0.25) is 0 Å². The second-order valence-electron chi connectivity index (χ2n) is 8.65. The van der Waals surface area contributed by atoms with Crippen LogP contribution in [0.1, 0.15) is 30.8 Å². The third kappa shape index (κ3) is 7.24. The third-order valence-electron chi connectivity index (χ3n) is 5.74. The number of hydrogen-bond donors (Lipinski definition) is 4. The van der Waals surface area contributed by atoms with Crippen molar-refractivity contribution in [3.63, 3.8) is 0 Å². The fraction of sp³-hybridized carbons (Fsp3) is 0.609. The molecule has 2 aromatic rings. The quantitative estimate of drug-likeness (QED) is 0.373. The smallest absolute Gasteiger partial charge is 0.192 e. The number of oxazole rings is 1. The predicted molar refractivity (Wildman–Crippen MR) is 115 cm³/mol. The molecule has 1 aromatic heterocycles. The van der Waals surface area contributed by atoms with Crippen molar-refractivity contribution in [3.05, 3.63) is 41.4 Å². The first-order valence-electron chi connectivity index (χ1n) is 11.2. The first-order chi connectivity index (χ1) is 16.1. The Balaban J connectivity index is 1.41. The van der Waals surface area contributed by atoms with Gasteiger partial charge in [-0.1, -0.05) is 0 Å². The number of aliphatic hydroxyl groups excluding tert-OH is 4. The predicted octanol–water partition coefficient (Wildman–Crippen LogP) is 1.71. The second-order valence-corrected chi connectivity index (χ2v) is 8.65. The van der Waals surface area contributed by atoms with Gasteiger partial charge >= 0.3 is 0 Å². The number of hydrogen-bond acceptors (Lipinski definition) is 8. The summed E-state index contributed by atoms with van der Waals surface area (Å²) in [5.41, 5.74) is 0.495. The van der Waals surface area contributed by atoms with E-state index >= 15 is 0 Å². The highest BCUT2D eigenvalue weighted by molar-refractivity contribution is 5.60. The van der Waals surface area contributed by atoms with Crippen LogP contribution in [0.4, 0.5) is 13.2 Å². The molecule has 1 aliphatic rings. The van der Waals surface area contributed by atoms with Crippen molar-refractivity contribution in [1.29, 1.82) is 0 Å². The van der Waals surface area contributed by atoms with E-state index in [0.717, 1.165) is 18.2 Å². The van der Waals surface area contributed by atoms with Crippen LogP contribution < -0.4 is 0 Å². The van der Waals surface area contributed by atoms with Crippen molar-refractivity contribution in [3.8, 4) is 11.3 Å². The molecule has 0 amide bonds. The Morgan fingerprint density at radius 2 is 1.68 bits per heavy atom. The Morgan fingerprint density at radius 1 is 1.06 bits per heavy atom. The Labute approximate surface area is 195 Å². The van der Waals surface area contributed by atoms with Gasteiger partial charge in [0.25, 0.3) is 0 Å². The Morgan fingerprint density at radius 3 is 2.29 bits per heavy atom. The molecule has 0 unspecified atom stereocenters. The molecule has 190 valence electrons. The SMILES string of the molecule is Cc1nc(COC[C@H](F)CCCCN2C[C@H](O)[C@@H](O)[C@H](O)[C@@H](O)C2)c(-c2cc(F)cc(F)c2)o1. The standard InChI is InChI=1S/C23H31F3N2O6/c1-13-27-18(23(34-13)14-6-16(25)8-17(26)7-14)12-33-11-15(24)4-2-3-5-28-9-19(29)21(31)22(32)20(30)10-28/h6-8,15,19-22,29-32H,2-5,9-12H2,1H3/t15-,19+,20+,21-,22-/m1/s1. The van der Waals surface area contributed by atoms with Crippen molar-refractivity contribution < 1.29 is 42.8 Å². The summed E-state index contributed by atoms with van der Waals surface area (Å²) >= 11 is 0. The number of halogens is 3. The number of likely N-dealkylation sites (tertiary alicyclic amines) is 1. The minimum absolute atomic E-state index is 0.0839. The van der Waals surface area contributed by atoms with Crippen LogP contribution in [-0.2, 0) is 11.3 Å². The van der Waals surface area contributed by atoms with Crippen LogP contribution in [0.5, 0.6) is 0 Å². The van der Waals surface area contributed by atoms with Crippen molar-refractivity contribution in [2.75, 3.05) is 26.2 Å². The fourth-order valence-corrected chi connectivity index (χ4v) is 4.00. The van der Waals surface area contributed by atoms with Crippen LogP contribution in [0.3, 0.4) is 0 Å². The lowest BCUT2D eigenvalue weighted by molar-refractivity contribution is -0.0894. The molecule has 0 radical (unpaired) electrons. The maximum Gasteiger partial charge on any atom is 0.192 e. The molecule has 0 aliphatic carbocycles. The molecule has 4 N–H and O–H groups in total. The van der Waals surface area contributed by atoms with Crippen LogP contribution >= 0.6 is 0 Å².